The minimum Gasteiger partial charge on any atom is -0.463 e. The predicted octanol–water partition coefficient (Wildman–Crippen LogP) is 1.83. The Hall–Kier alpha value is -1.06. The maximum atomic E-state index is 11.8. The van der Waals surface area contributed by atoms with Crippen LogP contribution in [0.5, 0.6) is 0 Å². The van der Waals surface area contributed by atoms with Gasteiger partial charge in [0.1, 0.15) is 6.61 Å². The average Bonchev–Trinajstić information content (AvgIpc) is 2.27. The number of amides is 1. The molecule has 0 bridgehead atoms. The van der Waals surface area contributed by atoms with E-state index in [1.807, 2.05) is 34.6 Å². The minimum absolute atomic E-state index is 0.00777. The number of rotatable bonds is 4. The summed E-state index contributed by atoms with van der Waals surface area (Å²) in [7, 11) is 1.75. The zero-order chi connectivity index (χ0) is 13.4. The Labute approximate surface area is 103 Å². The quantitative estimate of drug-likeness (QED) is 0.557. The number of hydrogen-bond acceptors (Lipinski definition) is 3. The maximum Gasteiger partial charge on any atom is 0.311 e. The molecule has 0 N–H and O–H groups in total. The first-order chi connectivity index (χ1) is 7.64. The first-order valence-corrected chi connectivity index (χ1v) is 6.09. The van der Waals surface area contributed by atoms with Crippen molar-refractivity contribution in [1.29, 1.82) is 0 Å². The Bertz CT molecular complexity index is 334. The van der Waals surface area contributed by atoms with Gasteiger partial charge in [0.05, 0.1) is 16.9 Å². The fourth-order valence-corrected chi connectivity index (χ4v) is 1.97. The van der Waals surface area contributed by atoms with Crippen LogP contribution in [0, 0.1) is 10.8 Å². The molecule has 1 aliphatic rings. The Morgan fingerprint density at radius 1 is 1.47 bits per heavy atom. The zero-order valence-corrected chi connectivity index (χ0v) is 11.7. The molecule has 4 heteroatoms. The lowest BCUT2D eigenvalue weighted by atomic mass is 9.74. The third-order valence-corrected chi connectivity index (χ3v) is 3.98. The van der Waals surface area contributed by atoms with Crippen molar-refractivity contribution in [2.75, 3.05) is 13.7 Å². The lowest BCUT2D eigenvalue weighted by molar-refractivity contribution is -0.176. The van der Waals surface area contributed by atoms with Gasteiger partial charge in [-0.25, -0.2) is 0 Å². The van der Waals surface area contributed by atoms with Gasteiger partial charge in [0.15, 0.2) is 0 Å². The molecule has 1 atom stereocenters. The smallest absolute Gasteiger partial charge is 0.311 e. The second-order valence-corrected chi connectivity index (χ2v) is 5.99. The third-order valence-electron chi connectivity index (χ3n) is 3.98. The van der Waals surface area contributed by atoms with Gasteiger partial charge in [-0.1, -0.05) is 6.92 Å². The highest BCUT2D eigenvalue weighted by Gasteiger charge is 2.52. The molecule has 1 fully saturated rings. The predicted molar refractivity (Wildman–Crippen MR) is 65.4 cm³/mol. The minimum atomic E-state index is -0.448. The Balaban J connectivity index is 2.53. The molecule has 0 aromatic carbocycles. The van der Waals surface area contributed by atoms with Crippen LogP contribution in [0.2, 0.25) is 0 Å². The van der Waals surface area contributed by atoms with E-state index in [4.69, 9.17) is 4.74 Å². The summed E-state index contributed by atoms with van der Waals surface area (Å²) in [5, 5.41) is 0. The molecule has 4 nitrogen and oxygen atoms in total. The van der Waals surface area contributed by atoms with Crippen molar-refractivity contribution in [3.05, 3.63) is 0 Å². The van der Waals surface area contributed by atoms with Gasteiger partial charge >= 0.3 is 5.97 Å². The molecule has 1 rings (SSSR count). The highest BCUT2D eigenvalue weighted by atomic mass is 16.5. The van der Waals surface area contributed by atoms with Crippen molar-refractivity contribution in [2.45, 2.75) is 47.1 Å². The van der Waals surface area contributed by atoms with Gasteiger partial charge in [0.2, 0.25) is 5.91 Å². The Morgan fingerprint density at radius 2 is 2.00 bits per heavy atom. The number of likely N-dealkylation sites (N-methyl/N-ethyl adjacent to an activating group) is 1. The summed E-state index contributed by atoms with van der Waals surface area (Å²) < 4.78 is 5.32. The molecule has 1 heterocycles. The molecule has 17 heavy (non-hydrogen) atoms. The third kappa shape index (κ3) is 2.31. The number of β-lactam (4-membered cyclic amide) rings is 1. The molecule has 0 spiro atoms. The fourth-order valence-electron chi connectivity index (χ4n) is 1.97. The molecule has 1 aliphatic heterocycles. The summed E-state index contributed by atoms with van der Waals surface area (Å²) in [5.41, 5.74) is -0.859. The molecule has 1 amide bonds. The largest absolute Gasteiger partial charge is 0.463 e. The fraction of sp³-hybridized carbons (Fsp3) is 0.846. The van der Waals surface area contributed by atoms with Gasteiger partial charge in [0, 0.05) is 7.05 Å². The van der Waals surface area contributed by atoms with Crippen molar-refractivity contribution >= 4 is 11.9 Å². The maximum absolute atomic E-state index is 11.8. The van der Waals surface area contributed by atoms with E-state index >= 15 is 0 Å². The second kappa shape index (κ2) is 4.31. The Morgan fingerprint density at radius 3 is 2.41 bits per heavy atom. The van der Waals surface area contributed by atoms with Crippen LogP contribution in [0.3, 0.4) is 0 Å². The van der Waals surface area contributed by atoms with Gasteiger partial charge in [-0.15, -0.1) is 0 Å². The molecule has 0 aromatic heterocycles. The molecule has 0 aromatic rings. The molecule has 1 saturated heterocycles. The van der Waals surface area contributed by atoms with Crippen molar-refractivity contribution in [3.63, 3.8) is 0 Å². The SMILES string of the molecule is CCC(C)(C)C(=O)OCC1N(C)C(=O)C1(C)C. The number of esters is 1. The summed E-state index contributed by atoms with van der Waals surface area (Å²) in [6, 6.07) is -0.00777. The average molecular weight is 241 g/mol. The number of ether oxygens (including phenoxy) is 1. The van der Waals surface area contributed by atoms with E-state index < -0.39 is 10.8 Å². The molecule has 1 unspecified atom stereocenters. The highest BCUT2D eigenvalue weighted by Crippen LogP contribution is 2.37. The van der Waals surface area contributed by atoms with E-state index in [9.17, 15) is 9.59 Å². The van der Waals surface area contributed by atoms with E-state index in [1.54, 1.807) is 11.9 Å². The van der Waals surface area contributed by atoms with Gasteiger partial charge in [-0.2, -0.15) is 0 Å². The van der Waals surface area contributed by atoms with E-state index in [0.29, 0.717) is 0 Å². The number of carbonyl (C=O) groups excluding carboxylic acids is 2. The van der Waals surface area contributed by atoms with Gasteiger partial charge in [0.25, 0.3) is 0 Å². The van der Waals surface area contributed by atoms with Gasteiger partial charge in [-0.3, -0.25) is 9.59 Å². The summed E-state index contributed by atoms with van der Waals surface area (Å²) in [5.74, 6) is -0.0863. The summed E-state index contributed by atoms with van der Waals surface area (Å²) in [6.07, 6.45) is 0.745. The van der Waals surface area contributed by atoms with E-state index in [-0.39, 0.29) is 24.5 Å². The van der Waals surface area contributed by atoms with Crippen LogP contribution in [0.15, 0.2) is 0 Å². The molecular formula is C13H23NO3. The normalized spacial score (nSPS) is 23.3. The van der Waals surface area contributed by atoms with Crippen LogP contribution in [0.4, 0.5) is 0 Å². The van der Waals surface area contributed by atoms with Gasteiger partial charge < -0.3 is 9.64 Å². The van der Waals surface area contributed by atoms with Crippen LogP contribution in [-0.2, 0) is 14.3 Å². The summed E-state index contributed by atoms with van der Waals surface area (Å²) in [6.45, 7) is 9.77. The van der Waals surface area contributed by atoms with E-state index in [1.165, 1.54) is 0 Å². The van der Waals surface area contributed by atoms with Crippen LogP contribution in [0.1, 0.15) is 41.0 Å². The van der Waals surface area contributed by atoms with Crippen molar-refractivity contribution in [1.82, 2.24) is 4.90 Å². The summed E-state index contributed by atoms with van der Waals surface area (Å²) in [4.78, 5) is 25.0. The standard InChI is InChI=1S/C13H23NO3/c1-7-12(2,3)11(16)17-8-9-13(4,5)10(15)14(9)6/h9H,7-8H2,1-6H3. The lowest BCUT2D eigenvalue weighted by Gasteiger charge is -2.50. The van der Waals surface area contributed by atoms with Crippen molar-refractivity contribution in [2.24, 2.45) is 10.8 Å². The first-order valence-electron chi connectivity index (χ1n) is 6.09. The molecular weight excluding hydrogens is 218 g/mol. The molecule has 0 radical (unpaired) electrons. The van der Waals surface area contributed by atoms with Crippen LogP contribution >= 0.6 is 0 Å². The number of hydrogen-bond donors (Lipinski definition) is 0. The van der Waals surface area contributed by atoms with Crippen LogP contribution in [-0.4, -0.2) is 36.5 Å². The highest BCUT2D eigenvalue weighted by molar-refractivity contribution is 5.89. The number of carbonyl (C=O) groups is 2. The summed E-state index contributed by atoms with van der Waals surface area (Å²) >= 11 is 0. The van der Waals surface area contributed by atoms with Crippen molar-refractivity contribution in [3.8, 4) is 0 Å². The molecule has 0 saturated carbocycles. The lowest BCUT2D eigenvalue weighted by Crippen LogP contribution is -2.66. The molecule has 0 aliphatic carbocycles. The van der Waals surface area contributed by atoms with Gasteiger partial charge in [-0.05, 0) is 34.1 Å². The number of likely N-dealkylation sites (tertiary alicyclic amines) is 1. The first kappa shape index (κ1) is 14.0. The Kier molecular flexibility index (Phi) is 3.55. The van der Waals surface area contributed by atoms with Crippen molar-refractivity contribution < 1.29 is 14.3 Å². The van der Waals surface area contributed by atoms with Crippen LogP contribution in [0.25, 0.3) is 0 Å². The second-order valence-electron chi connectivity index (χ2n) is 5.99. The van der Waals surface area contributed by atoms with Crippen LogP contribution < -0.4 is 0 Å². The zero-order valence-electron chi connectivity index (χ0n) is 11.7. The monoisotopic (exact) mass is 241 g/mol. The number of nitrogens with zero attached hydrogens (tertiary/aromatic N) is 1. The topological polar surface area (TPSA) is 46.6 Å². The van der Waals surface area contributed by atoms with E-state index in [2.05, 4.69) is 0 Å². The van der Waals surface area contributed by atoms with E-state index in [0.717, 1.165) is 6.42 Å². The molecule has 98 valence electrons.